The van der Waals surface area contributed by atoms with Gasteiger partial charge >= 0.3 is 0 Å². The number of benzene rings is 3. The summed E-state index contributed by atoms with van der Waals surface area (Å²) >= 11 is 24.8. The lowest BCUT2D eigenvalue weighted by Gasteiger charge is -2.24. The predicted octanol–water partition coefficient (Wildman–Crippen LogP) is 7.75. The number of para-hydroxylation sites is 1. The van der Waals surface area contributed by atoms with Crippen molar-refractivity contribution in [3.63, 3.8) is 0 Å². The van der Waals surface area contributed by atoms with Crippen LogP contribution in [0.25, 0.3) is 16.9 Å². The molecule has 1 amide bonds. The van der Waals surface area contributed by atoms with E-state index in [0.29, 0.717) is 54.0 Å². The van der Waals surface area contributed by atoms with Crippen molar-refractivity contribution in [2.45, 2.75) is 20.4 Å². The summed E-state index contributed by atoms with van der Waals surface area (Å²) in [5.74, 6) is 0.216. The van der Waals surface area contributed by atoms with Crippen molar-refractivity contribution >= 4 is 52.3 Å². The average molecular weight is 588 g/mol. The molecule has 0 bridgehead atoms. The number of aromatic nitrogens is 2. The molecule has 0 aliphatic rings. The van der Waals surface area contributed by atoms with E-state index in [2.05, 4.69) is 16.5 Å². The number of nitrogens with zero attached hydrogens (tertiary/aromatic N) is 3. The summed E-state index contributed by atoms with van der Waals surface area (Å²) in [6.45, 7) is 3.62. The summed E-state index contributed by atoms with van der Waals surface area (Å²) in [7, 11) is 0. The number of carbonyl (C=O) groups excluding carboxylic acids is 1. The molecule has 4 rings (SSSR count). The molecular formula is C28H22Cl4N4O2. The quantitative estimate of drug-likeness (QED) is 0.228. The SMILES string of the molecule is CC(C)(COc1ccccc1Cl)C(=O)NCc1nn(-c2ccc(Cl)cc2Cl)c(-c2ccc(Cl)cc2)c1C#N. The third-order valence-corrected chi connectivity index (χ3v) is 6.88. The molecule has 0 unspecified atom stereocenters. The molecular weight excluding hydrogens is 566 g/mol. The Morgan fingerprint density at radius 1 is 1.00 bits per heavy atom. The number of hydrogen-bond acceptors (Lipinski definition) is 4. The number of halogens is 4. The van der Waals surface area contributed by atoms with E-state index in [0.717, 1.165) is 0 Å². The van der Waals surface area contributed by atoms with Crippen LogP contribution in [0.1, 0.15) is 25.1 Å². The van der Waals surface area contributed by atoms with Crippen LogP contribution in [0.5, 0.6) is 5.75 Å². The lowest BCUT2D eigenvalue weighted by molar-refractivity contribution is -0.131. The van der Waals surface area contributed by atoms with Crippen molar-refractivity contribution in [1.29, 1.82) is 5.26 Å². The van der Waals surface area contributed by atoms with E-state index < -0.39 is 5.41 Å². The van der Waals surface area contributed by atoms with Gasteiger partial charge < -0.3 is 10.1 Å². The maximum atomic E-state index is 13.1. The van der Waals surface area contributed by atoms with Crippen LogP contribution in [-0.4, -0.2) is 22.3 Å². The standard InChI is InChI=1S/C28H22Cl4N4O2/c1-28(2,16-38-25-6-4-3-5-21(25)31)27(37)34-15-23-20(14-33)26(17-7-9-18(29)10-8-17)36(35-23)24-12-11-19(30)13-22(24)32/h3-13H,15-16H2,1-2H3,(H,34,37). The van der Waals surface area contributed by atoms with E-state index >= 15 is 0 Å². The van der Waals surface area contributed by atoms with E-state index in [9.17, 15) is 10.1 Å². The summed E-state index contributed by atoms with van der Waals surface area (Å²) in [5.41, 5.74) is 1.52. The minimum absolute atomic E-state index is 0.00997. The molecule has 1 N–H and O–H groups in total. The first-order valence-electron chi connectivity index (χ1n) is 11.5. The van der Waals surface area contributed by atoms with Gasteiger partial charge in [0.15, 0.2) is 0 Å². The second-order valence-electron chi connectivity index (χ2n) is 9.08. The molecule has 38 heavy (non-hydrogen) atoms. The molecule has 6 nitrogen and oxygen atoms in total. The van der Waals surface area contributed by atoms with Gasteiger partial charge in [-0.2, -0.15) is 10.4 Å². The number of carbonyl (C=O) groups is 1. The first kappa shape index (κ1) is 27.8. The molecule has 0 atom stereocenters. The van der Waals surface area contributed by atoms with Gasteiger partial charge in [-0.05, 0) is 56.3 Å². The normalized spacial score (nSPS) is 11.2. The van der Waals surface area contributed by atoms with Gasteiger partial charge in [-0.1, -0.05) is 70.7 Å². The number of rotatable bonds is 8. The minimum atomic E-state index is -0.896. The van der Waals surface area contributed by atoms with Crippen molar-refractivity contribution in [2.75, 3.05) is 6.61 Å². The number of nitrogens with one attached hydrogen (secondary N) is 1. The number of amides is 1. The Kier molecular flexibility index (Phi) is 8.54. The van der Waals surface area contributed by atoms with Gasteiger partial charge in [0.1, 0.15) is 29.7 Å². The molecule has 0 saturated heterocycles. The Hall–Kier alpha value is -3.21. The van der Waals surface area contributed by atoms with Crippen LogP contribution in [-0.2, 0) is 11.3 Å². The molecule has 0 spiro atoms. The molecule has 3 aromatic carbocycles. The highest BCUT2D eigenvalue weighted by Crippen LogP contribution is 2.33. The molecule has 1 heterocycles. The summed E-state index contributed by atoms with van der Waals surface area (Å²) in [6, 6.07) is 21.3. The molecule has 0 aliphatic heterocycles. The van der Waals surface area contributed by atoms with Gasteiger partial charge in [-0.15, -0.1) is 0 Å². The Morgan fingerprint density at radius 3 is 2.34 bits per heavy atom. The van der Waals surface area contributed by atoms with Gasteiger partial charge in [0.25, 0.3) is 0 Å². The Labute approximate surface area is 240 Å². The van der Waals surface area contributed by atoms with E-state index in [1.54, 1.807) is 85.3 Å². The molecule has 194 valence electrons. The van der Waals surface area contributed by atoms with Crippen LogP contribution in [0.15, 0.2) is 66.7 Å². The largest absolute Gasteiger partial charge is 0.491 e. The molecule has 0 fully saturated rings. The van der Waals surface area contributed by atoms with Gasteiger partial charge in [0, 0.05) is 15.6 Å². The first-order valence-corrected chi connectivity index (χ1v) is 13.0. The summed E-state index contributed by atoms with van der Waals surface area (Å²) in [4.78, 5) is 13.1. The zero-order valence-corrected chi connectivity index (χ0v) is 23.5. The van der Waals surface area contributed by atoms with Crippen LogP contribution in [0.4, 0.5) is 0 Å². The lowest BCUT2D eigenvalue weighted by atomic mass is 9.93. The lowest BCUT2D eigenvalue weighted by Crippen LogP contribution is -2.40. The molecule has 4 aromatic rings. The van der Waals surface area contributed by atoms with Crippen LogP contribution < -0.4 is 10.1 Å². The van der Waals surface area contributed by atoms with Crippen LogP contribution in [0.3, 0.4) is 0 Å². The Balaban J connectivity index is 1.64. The highest BCUT2D eigenvalue weighted by atomic mass is 35.5. The number of hydrogen-bond donors (Lipinski definition) is 1. The van der Waals surface area contributed by atoms with Crippen molar-refractivity contribution in [2.24, 2.45) is 5.41 Å². The van der Waals surface area contributed by atoms with Gasteiger partial charge in [-0.25, -0.2) is 4.68 Å². The summed E-state index contributed by atoms with van der Waals surface area (Å²) in [6.07, 6.45) is 0. The van der Waals surface area contributed by atoms with E-state index in [-0.39, 0.29) is 19.1 Å². The van der Waals surface area contributed by atoms with Gasteiger partial charge in [-0.3, -0.25) is 4.79 Å². The zero-order chi connectivity index (χ0) is 27.4. The molecule has 1 aromatic heterocycles. The number of ether oxygens (including phenoxy) is 1. The van der Waals surface area contributed by atoms with Crippen LogP contribution in [0.2, 0.25) is 20.1 Å². The van der Waals surface area contributed by atoms with Crippen molar-refractivity contribution < 1.29 is 9.53 Å². The molecule has 0 radical (unpaired) electrons. The monoisotopic (exact) mass is 586 g/mol. The minimum Gasteiger partial charge on any atom is -0.491 e. The first-order chi connectivity index (χ1) is 18.1. The zero-order valence-electron chi connectivity index (χ0n) is 20.4. The van der Waals surface area contributed by atoms with Gasteiger partial charge in [0.05, 0.1) is 33.4 Å². The van der Waals surface area contributed by atoms with Crippen LogP contribution >= 0.6 is 46.4 Å². The highest BCUT2D eigenvalue weighted by Gasteiger charge is 2.30. The summed E-state index contributed by atoms with van der Waals surface area (Å²) in [5, 5.41) is 19.5. The Bertz CT molecular complexity index is 1530. The molecule has 0 saturated carbocycles. The van der Waals surface area contributed by atoms with Crippen molar-refractivity contribution in [1.82, 2.24) is 15.1 Å². The smallest absolute Gasteiger partial charge is 0.229 e. The topological polar surface area (TPSA) is 79.9 Å². The number of nitriles is 1. The average Bonchev–Trinajstić information content (AvgIpc) is 3.25. The molecule has 10 heteroatoms. The van der Waals surface area contributed by atoms with E-state index in [1.165, 1.54) is 0 Å². The molecule has 0 aliphatic carbocycles. The fourth-order valence-electron chi connectivity index (χ4n) is 3.70. The fraction of sp³-hybridized carbons (Fsp3) is 0.179. The third kappa shape index (κ3) is 6.09. The van der Waals surface area contributed by atoms with E-state index in [4.69, 9.17) is 51.1 Å². The second-order valence-corrected chi connectivity index (χ2v) is 10.8. The van der Waals surface area contributed by atoms with E-state index in [1.807, 2.05) is 0 Å². The highest BCUT2D eigenvalue weighted by molar-refractivity contribution is 6.35. The second kappa shape index (κ2) is 11.7. The third-order valence-electron chi connectivity index (χ3n) is 5.78. The van der Waals surface area contributed by atoms with Crippen molar-refractivity contribution in [3.8, 4) is 28.8 Å². The van der Waals surface area contributed by atoms with Crippen molar-refractivity contribution in [3.05, 3.63) is 98.1 Å². The maximum absolute atomic E-state index is 13.1. The fourth-order valence-corrected chi connectivity index (χ4v) is 4.50. The van der Waals surface area contributed by atoms with Crippen LogP contribution in [0, 0.1) is 16.7 Å². The van der Waals surface area contributed by atoms with Gasteiger partial charge in [0.2, 0.25) is 5.91 Å². The predicted molar refractivity (Wildman–Crippen MR) is 151 cm³/mol. The Morgan fingerprint density at radius 2 is 1.68 bits per heavy atom. The maximum Gasteiger partial charge on any atom is 0.229 e. The summed E-state index contributed by atoms with van der Waals surface area (Å²) < 4.78 is 7.37.